The number of nitrogens with one attached hydrogen (secondary N) is 2. The van der Waals surface area contributed by atoms with Gasteiger partial charge in [-0.05, 0) is 43.9 Å². The average Bonchev–Trinajstić information content (AvgIpc) is 3.05. The highest BCUT2D eigenvalue weighted by Gasteiger charge is 2.29. The van der Waals surface area contributed by atoms with Crippen molar-refractivity contribution in [2.45, 2.75) is 38.2 Å². The van der Waals surface area contributed by atoms with Crippen molar-refractivity contribution in [3.63, 3.8) is 0 Å². The number of para-hydroxylation sites is 1. The highest BCUT2D eigenvalue weighted by atomic mass is 35.5. The third kappa shape index (κ3) is 4.39. The number of alkyl halides is 2. The van der Waals surface area contributed by atoms with Crippen molar-refractivity contribution in [3.8, 4) is 0 Å². The third-order valence-electron chi connectivity index (χ3n) is 5.88. The van der Waals surface area contributed by atoms with Gasteiger partial charge in [0.25, 0.3) is 5.91 Å². The molecule has 4 rings (SSSR count). The summed E-state index contributed by atoms with van der Waals surface area (Å²) in [7, 11) is 1.62. The monoisotopic (exact) mass is 468 g/mol. The lowest BCUT2D eigenvalue weighted by molar-refractivity contribution is 0.0499. The van der Waals surface area contributed by atoms with Crippen LogP contribution in [0.2, 0.25) is 5.02 Å². The van der Waals surface area contributed by atoms with Crippen molar-refractivity contribution in [3.05, 3.63) is 52.6 Å². The zero-order chi connectivity index (χ0) is 23.0. The summed E-state index contributed by atoms with van der Waals surface area (Å²) >= 11 is 6.05. The van der Waals surface area contributed by atoms with Gasteiger partial charge in [0.2, 0.25) is 12.4 Å². The Labute approximate surface area is 186 Å². The van der Waals surface area contributed by atoms with Crippen molar-refractivity contribution in [2.75, 3.05) is 5.32 Å². The van der Waals surface area contributed by atoms with E-state index in [0.717, 1.165) is 0 Å². The number of carbonyl (C=O) groups is 1. The lowest BCUT2D eigenvalue weighted by Crippen LogP contribution is -2.38. The molecule has 0 unspecified atom stereocenters. The van der Waals surface area contributed by atoms with Gasteiger partial charge in [-0.1, -0.05) is 17.7 Å². The molecule has 10 heteroatoms. The average molecular weight is 469 g/mol. The number of nitrogens with zero attached hydrogens (tertiary/aromatic N) is 2. The van der Waals surface area contributed by atoms with E-state index in [9.17, 15) is 22.4 Å². The molecule has 1 fully saturated rings. The van der Waals surface area contributed by atoms with Crippen molar-refractivity contribution in [2.24, 2.45) is 13.0 Å². The molecule has 5 nitrogen and oxygen atoms in total. The molecule has 170 valence electrons. The van der Waals surface area contributed by atoms with E-state index in [1.165, 1.54) is 34.9 Å². The predicted octanol–water partition coefficient (Wildman–Crippen LogP) is 5.80. The van der Waals surface area contributed by atoms with E-state index in [4.69, 9.17) is 11.6 Å². The molecular formula is C22H21ClF4N4O. The first-order chi connectivity index (χ1) is 15.2. The Morgan fingerprint density at radius 2 is 1.88 bits per heavy atom. The first-order valence-electron chi connectivity index (χ1n) is 10.2. The minimum atomic E-state index is -2.36. The summed E-state index contributed by atoms with van der Waals surface area (Å²) in [4.78, 5) is 17.0. The summed E-state index contributed by atoms with van der Waals surface area (Å²) in [6, 6.07) is 6.45. The van der Waals surface area contributed by atoms with Crippen molar-refractivity contribution in [1.29, 1.82) is 0 Å². The number of benzene rings is 2. The minimum absolute atomic E-state index is 0.0328. The molecule has 1 aromatic heterocycles. The SMILES string of the molecule is Cn1c(Nc2c(F)cccc2Cl)nc2cc(C(=O)N[C@H]3CC[C@H](C(F)F)CC3)c(F)cc21. The van der Waals surface area contributed by atoms with Gasteiger partial charge in [-0.3, -0.25) is 4.79 Å². The molecule has 1 aliphatic carbocycles. The standard InChI is InChI=1S/C22H21ClF4N4O/c1-31-18-10-16(25)13(21(32)28-12-7-5-11(6-8-12)20(26)27)9-17(18)29-22(31)30-19-14(23)3-2-4-15(19)24/h2-4,9-12,20H,5-8H2,1H3,(H,28,32)(H,29,30)/t11-,12-. The fourth-order valence-corrected chi connectivity index (χ4v) is 4.22. The van der Waals surface area contributed by atoms with Crippen molar-refractivity contribution in [1.82, 2.24) is 14.9 Å². The molecule has 0 spiro atoms. The normalized spacial score (nSPS) is 18.8. The van der Waals surface area contributed by atoms with Crippen LogP contribution in [0.1, 0.15) is 36.0 Å². The quantitative estimate of drug-likeness (QED) is 0.465. The second-order valence-electron chi connectivity index (χ2n) is 7.96. The smallest absolute Gasteiger partial charge is 0.254 e. The lowest BCUT2D eigenvalue weighted by Gasteiger charge is -2.28. The summed E-state index contributed by atoms with van der Waals surface area (Å²) in [6.45, 7) is 0. The molecule has 0 radical (unpaired) electrons. The van der Waals surface area contributed by atoms with Crippen LogP contribution in [-0.4, -0.2) is 27.9 Å². The topological polar surface area (TPSA) is 59.0 Å². The summed E-state index contributed by atoms with van der Waals surface area (Å²) in [5.74, 6) is -2.37. The van der Waals surface area contributed by atoms with Crippen LogP contribution in [0.5, 0.6) is 0 Å². The molecule has 0 saturated heterocycles. The number of anilines is 2. The fourth-order valence-electron chi connectivity index (χ4n) is 4.01. The van der Waals surface area contributed by atoms with E-state index in [0.29, 0.717) is 36.7 Å². The van der Waals surface area contributed by atoms with Crippen LogP contribution in [0.3, 0.4) is 0 Å². The number of imidazole rings is 1. The van der Waals surface area contributed by atoms with Gasteiger partial charge < -0.3 is 15.2 Å². The molecule has 1 aliphatic rings. The van der Waals surface area contributed by atoms with E-state index in [-0.39, 0.29) is 28.3 Å². The zero-order valence-corrected chi connectivity index (χ0v) is 17.9. The maximum atomic E-state index is 14.7. The number of hydrogen-bond acceptors (Lipinski definition) is 3. The molecule has 2 N–H and O–H groups in total. The van der Waals surface area contributed by atoms with Crippen LogP contribution in [0.15, 0.2) is 30.3 Å². The molecular weight excluding hydrogens is 448 g/mol. The molecule has 32 heavy (non-hydrogen) atoms. The first kappa shape index (κ1) is 22.4. The fraction of sp³-hybridized carbons (Fsp3) is 0.364. The number of carbonyl (C=O) groups excluding carboxylic acids is 1. The Bertz CT molecular complexity index is 1140. The maximum Gasteiger partial charge on any atom is 0.254 e. The van der Waals surface area contributed by atoms with Gasteiger partial charge in [0.05, 0.1) is 27.3 Å². The Morgan fingerprint density at radius 3 is 2.53 bits per heavy atom. The van der Waals surface area contributed by atoms with Gasteiger partial charge in [-0.15, -0.1) is 0 Å². The van der Waals surface area contributed by atoms with E-state index < -0.39 is 29.9 Å². The van der Waals surface area contributed by atoms with Crippen LogP contribution >= 0.6 is 11.6 Å². The van der Waals surface area contributed by atoms with Gasteiger partial charge in [-0.25, -0.2) is 22.5 Å². The Morgan fingerprint density at radius 1 is 1.16 bits per heavy atom. The highest BCUT2D eigenvalue weighted by molar-refractivity contribution is 6.33. The van der Waals surface area contributed by atoms with E-state index >= 15 is 0 Å². The Hall–Kier alpha value is -2.81. The molecule has 0 bridgehead atoms. The second kappa shape index (κ2) is 8.97. The van der Waals surface area contributed by atoms with Gasteiger partial charge in [0.15, 0.2) is 0 Å². The van der Waals surface area contributed by atoms with Gasteiger partial charge >= 0.3 is 0 Å². The van der Waals surface area contributed by atoms with Crippen molar-refractivity contribution < 1.29 is 22.4 Å². The minimum Gasteiger partial charge on any atom is -0.349 e. The predicted molar refractivity (Wildman–Crippen MR) is 115 cm³/mol. The second-order valence-corrected chi connectivity index (χ2v) is 8.36. The molecule has 2 aromatic carbocycles. The number of aromatic nitrogens is 2. The van der Waals surface area contributed by atoms with Gasteiger partial charge in [0, 0.05) is 25.1 Å². The van der Waals surface area contributed by atoms with Crippen LogP contribution in [0.25, 0.3) is 11.0 Å². The number of amides is 1. The van der Waals surface area contributed by atoms with Gasteiger partial charge in [-0.2, -0.15) is 0 Å². The molecule has 1 heterocycles. The lowest BCUT2D eigenvalue weighted by atomic mass is 9.86. The van der Waals surface area contributed by atoms with Crippen molar-refractivity contribution >= 4 is 40.2 Å². The van der Waals surface area contributed by atoms with Crippen LogP contribution in [-0.2, 0) is 7.05 Å². The van der Waals surface area contributed by atoms with E-state index in [1.807, 2.05) is 0 Å². The molecule has 1 saturated carbocycles. The summed E-state index contributed by atoms with van der Waals surface area (Å²) in [6.07, 6.45) is -0.884. The molecule has 0 aliphatic heterocycles. The number of halogens is 5. The zero-order valence-electron chi connectivity index (χ0n) is 17.1. The Kier molecular flexibility index (Phi) is 6.28. The Balaban J connectivity index is 1.55. The molecule has 0 atom stereocenters. The van der Waals surface area contributed by atoms with Crippen LogP contribution in [0.4, 0.5) is 29.2 Å². The highest BCUT2D eigenvalue weighted by Crippen LogP contribution is 2.31. The summed E-state index contributed by atoms with van der Waals surface area (Å²) in [5, 5.41) is 5.70. The van der Waals surface area contributed by atoms with E-state index in [1.54, 1.807) is 7.05 Å². The number of aryl methyl sites for hydroxylation is 1. The first-order valence-corrected chi connectivity index (χ1v) is 10.6. The molecule has 3 aromatic rings. The summed E-state index contributed by atoms with van der Waals surface area (Å²) < 4.78 is 56.0. The number of fused-ring (bicyclic) bond motifs is 1. The number of rotatable bonds is 5. The summed E-state index contributed by atoms with van der Waals surface area (Å²) in [5.41, 5.74) is 0.564. The van der Waals surface area contributed by atoms with Crippen LogP contribution in [0, 0.1) is 17.6 Å². The molecule has 1 amide bonds. The largest absolute Gasteiger partial charge is 0.349 e. The number of hydrogen-bond donors (Lipinski definition) is 2. The maximum absolute atomic E-state index is 14.7. The van der Waals surface area contributed by atoms with E-state index in [2.05, 4.69) is 15.6 Å². The van der Waals surface area contributed by atoms with Gasteiger partial charge in [0.1, 0.15) is 11.6 Å². The third-order valence-corrected chi connectivity index (χ3v) is 6.19. The van der Waals surface area contributed by atoms with Crippen LogP contribution < -0.4 is 10.6 Å².